The van der Waals surface area contributed by atoms with Gasteiger partial charge in [0.1, 0.15) is 5.75 Å². The number of hydrogen-bond donors (Lipinski definition) is 1. The van der Waals surface area contributed by atoms with Crippen molar-refractivity contribution in [3.63, 3.8) is 0 Å². The fourth-order valence-corrected chi connectivity index (χ4v) is 1.62. The van der Waals surface area contributed by atoms with E-state index in [1.807, 2.05) is 18.2 Å². The van der Waals surface area contributed by atoms with E-state index in [1.165, 1.54) is 0 Å². The first-order valence-corrected chi connectivity index (χ1v) is 6.51. The molecule has 1 N–H and O–H groups in total. The quantitative estimate of drug-likeness (QED) is 0.910. The van der Waals surface area contributed by atoms with Gasteiger partial charge in [0.15, 0.2) is 0 Å². The predicted molar refractivity (Wildman–Crippen MR) is 75.5 cm³/mol. The summed E-state index contributed by atoms with van der Waals surface area (Å²) < 4.78 is 5.56. The van der Waals surface area contributed by atoms with Crippen LogP contribution in [-0.4, -0.2) is 16.2 Å². The third-order valence-corrected chi connectivity index (χ3v) is 2.75. The Hall–Kier alpha value is -1.65. The van der Waals surface area contributed by atoms with Gasteiger partial charge in [-0.25, -0.2) is 0 Å². The highest BCUT2D eigenvalue weighted by Crippen LogP contribution is 2.27. The topological polar surface area (TPSA) is 47.0 Å². The summed E-state index contributed by atoms with van der Waals surface area (Å²) in [5, 5.41) is 11.9. The van der Waals surface area contributed by atoms with Gasteiger partial charge in [-0.2, -0.15) is 5.10 Å². The van der Waals surface area contributed by atoms with Crippen LogP contribution >= 0.6 is 11.6 Å². The zero-order valence-electron chi connectivity index (χ0n) is 10.9. The summed E-state index contributed by atoms with van der Waals surface area (Å²) in [7, 11) is 0. The third-order valence-electron chi connectivity index (χ3n) is 2.44. The number of rotatable bonds is 5. The normalized spacial score (nSPS) is 10.7. The van der Waals surface area contributed by atoms with E-state index in [0.717, 1.165) is 5.69 Å². The number of benzene rings is 1. The Morgan fingerprint density at radius 2 is 1.95 bits per heavy atom. The molecule has 0 unspecified atom stereocenters. The zero-order valence-corrected chi connectivity index (χ0v) is 11.7. The van der Waals surface area contributed by atoms with Crippen molar-refractivity contribution in [2.75, 3.05) is 0 Å². The van der Waals surface area contributed by atoms with Crippen LogP contribution in [0.5, 0.6) is 11.6 Å². The molecule has 1 aromatic carbocycles. The molecule has 2 rings (SSSR count). The average Bonchev–Trinajstić information content (AvgIpc) is 2.40. The average molecular weight is 278 g/mol. The minimum atomic E-state index is 0.417. The van der Waals surface area contributed by atoms with E-state index in [1.54, 1.807) is 18.2 Å². The third kappa shape index (κ3) is 4.19. The second kappa shape index (κ2) is 6.50. The molecule has 2 aromatic rings. The largest absolute Gasteiger partial charge is 0.436 e. The monoisotopic (exact) mass is 277 g/mol. The Labute approximate surface area is 117 Å². The molecule has 0 spiro atoms. The Balaban J connectivity index is 2.01. The minimum Gasteiger partial charge on any atom is -0.436 e. The SMILES string of the molecule is CC(C)NCc1ccc(Oc2ccccc2Cl)nn1. The summed E-state index contributed by atoms with van der Waals surface area (Å²) >= 11 is 6.01. The van der Waals surface area contributed by atoms with Gasteiger partial charge in [0.05, 0.1) is 10.7 Å². The number of halogens is 1. The summed E-state index contributed by atoms with van der Waals surface area (Å²) in [5.41, 5.74) is 0.875. The van der Waals surface area contributed by atoms with Gasteiger partial charge in [0, 0.05) is 18.7 Å². The molecule has 0 atom stereocenters. The van der Waals surface area contributed by atoms with E-state index in [4.69, 9.17) is 16.3 Å². The fraction of sp³-hybridized carbons (Fsp3) is 0.286. The summed E-state index contributed by atoms with van der Waals surface area (Å²) in [6.07, 6.45) is 0. The van der Waals surface area contributed by atoms with Crippen LogP contribution in [-0.2, 0) is 6.54 Å². The van der Waals surface area contributed by atoms with Crippen LogP contribution in [0.1, 0.15) is 19.5 Å². The maximum absolute atomic E-state index is 6.01. The molecule has 0 aliphatic rings. The first kappa shape index (κ1) is 13.8. The van der Waals surface area contributed by atoms with Gasteiger partial charge in [0.25, 0.3) is 0 Å². The van der Waals surface area contributed by atoms with Crippen LogP contribution in [0.3, 0.4) is 0 Å². The fourth-order valence-electron chi connectivity index (χ4n) is 1.45. The molecule has 1 aromatic heterocycles. The van der Waals surface area contributed by atoms with Crippen molar-refractivity contribution in [1.29, 1.82) is 0 Å². The summed E-state index contributed by atoms with van der Waals surface area (Å²) in [5.74, 6) is 1.01. The molecule has 0 aliphatic heterocycles. The van der Waals surface area contributed by atoms with E-state index < -0.39 is 0 Å². The number of ether oxygens (including phenoxy) is 1. The lowest BCUT2D eigenvalue weighted by Gasteiger charge is -2.08. The number of hydrogen-bond acceptors (Lipinski definition) is 4. The second-order valence-corrected chi connectivity index (χ2v) is 4.84. The van der Waals surface area contributed by atoms with Gasteiger partial charge in [-0.05, 0) is 18.2 Å². The van der Waals surface area contributed by atoms with Crippen molar-refractivity contribution in [2.24, 2.45) is 0 Å². The van der Waals surface area contributed by atoms with Crippen molar-refractivity contribution in [2.45, 2.75) is 26.4 Å². The lowest BCUT2D eigenvalue weighted by Crippen LogP contribution is -2.22. The summed E-state index contributed by atoms with van der Waals surface area (Å²) in [4.78, 5) is 0. The van der Waals surface area contributed by atoms with Crippen molar-refractivity contribution in [3.05, 3.63) is 47.1 Å². The second-order valence-electron chi connectivity index (χ2n) is 4.43. The summed E-state index contributed by atoms with van der Waals surface area (Å²) in [6, 6.07) is 11.4. The van der Waals surface area contributed by atoms with E-state index in [-0.39, 0.29) is 0 Å². The molecule has 1 heterocycles. The molecule has 0 saturated carbocycles. The van der Waals surface area contributed by atoms with Crippen molar-refractivity contribution >= 4 is 11.6 Å². The highest BCUT2D eigenvalue weighted by atomic mass is 35.5. The molecule has 5 heteroatoms. The van der Waals surface area contributed by atoms with Crippen LogP contribution in [0.2, 0.25) is 5.02 Å². The smallest absolute Gasteiger partial charge is 0.238 e. The summed E-state index contributed by atoms with van der Waals surface area (Å²) in [6.45, 7) is 4.86. The van der Waals surface area contributed by atoms with E-state index in [0.29, 0.717) is 29.2 Å². The van der Waals surface area contributed by atoms with Gasteiger partial charge in [-0.1, -0.05) is 37.6 Å². The molecule has 0 saturated heterocycles. The van der Waals surface area contributed by atoms with Crippen molar-refractivity contribution in [1.82, 2.24) is 15.5 Å². The van der Waals surface area contributed by atoms with Crippen LogP contribution in [0.4, 0.5) is 0 Å². The highest BCUT2D eigenvalue weighted by Gasteiger charge is 2.04. The van der Waals surface area contributed by atoms with Gasteiger partial charge in [0.2, 0.25) is 5.88 Å². The van der Waals surface area contributed by atoms with Gasteiger partial charge in [-0.3, -0.25) is 0 Å². The predicted octanol–water partition coefficient (Wildman–Crippen LogP) is 3.42. The standard InChI is InChI=1S/C14H16ClN3O/c1-10(2)16-9-11-7-8-14(18-17-11)19-13-6-4-3-5-12(13)15/h3-8,10,16H,9H2,1-2H3. The molecule has 100 valence electrons. The molecule has 4 nitrogen and oxygen atoms in total. The first-order valence-electron chi connectivity index (χ1n) is 6.13. The number of para-hydroxylation sites is 1. The van der Waals surface area contributed by atoms with Gasteiger partial charge in [-0.15, -0.1) is 5.10 Å². The molecular weight excluding hydrogens is 262 g/mol. The van der Waals surface area contributed by atoms with E-state index >= 15 is 0 Å². The lowest BCUT2D eigenvalue weighted by atomic mass is 10.3. The number of nitrogens with one attached hydrogen (secondary N) is 1. The van der Waals surface area contributed by atoms with Crippen LogP contribution < -0.4 is 10.1 Å². The van der Waals surface area contributed by atoms with Crippen LogP contribution in [0, 0.1) is 0 Å². The van der Waals surface area contributed by atoms with Crippen molar-refractivity contribution < 1.29 is 4.74 Å². The van der Waals surface area contributed by atoms with Crippen LogP contribution in [0.25, 0.3) is 0 Å². The Morgan fingerprint density at radius 3 is 2.58 bits per heavy atom. The first-order chi connectivity index (χ1) is 9.15. The molecule has 0 fully saturated rings. The Kier molecular flexibility index (Phi) is 4.71. The maximum Gasteiger partial charge on any atom is 0.238 e. The number of nitrogens with zero attached hydrogens (tertiary/aromatic N) is 2. The Morgan fingerprint density at radius 1 is 1.16 bits per heavy atom. The number of aromatic nitrogens is 2. The van der Waals surface area contributed by atoms with Gasteiger partial charge >= 0.3 is 0 Å². The molecule has 0 amide bonds. The molecular formula is C14H16ClN3O. The zero-order chi connectivity index (χ0) is 13.7. The molecule has 0 radical (unpaired) electrons. The minimum absolute atomic E-state index is 0.417. The van der Waals surface area contributed by atoms with E-state index in [9.17, 15) is 0 Å². The van der Waals surface area contributed by atoms with Crippen LogP contribution in [0.15, 0.2) is 36.4 Å². The van der Waals surface area contributed by atoms with Crippen molar-refractivity contribution in [3.8, 4) is 11.6 Å². The highest BCUT2D eigenvalue weighted by molar-refractivity contribution is 6.32. The molecule has 19 heavy (non-hydrogen) atoms. The van der Waals surface area contributed by atoms with Gasteiger partial charge < -0.3 is 10.1 Å². The maximum atomic E-state index is 6.01. The molecule has 0 aliphatic carbocycles. The van der Waals surface area contributed by atoms with E-state index in [2.05, 4.69) is 29.4 Å². The Bertz CT molecular complexity index is 528. The molecule has 0 bridgehead atoms. The lowest BCUT2D eigenvalue weighted by molar-refractivity contribution is 0.452.